The molecule has 0 aliphatic heterocycles. The number of hydrogen-bond acceptors (Lipinski definition) is 2. The molecule has 19 heavy (non-hydrogen) atoms. The van der Waals surface area contributed by atoms with Gasteiger partial charge in [0.1, 0.15) is 5.82 Å². The highest BCUT2D eigenvalue weighted by Gasteiger charge is 2.31. The molecule has 0 aliphatic rings. The van der Waals surface area contributed by atoms with Crippen molar-refractivity contribution in [3.8, 4) is 0 Å². The summed E-state index contributed by atoms with van der Waals surface area (Å²) in [4.78, 5) is 0. The van der Waals surface area contributed by atoms with Crippen LogP contribution in [0.1, 0.15) is 40.5 Å². The number of benzene rings is 1. The summed E-state index contributed by atoms with van der Waals surface area (Å²) in [6, 6.07) is 6.64. The molecular formula is C16H26FNO. The van der Waals surface area contributed by atoms with Gasteiger partial charge >= 0.3 is 0 Å². The summed E-state index contributed by atoms with van der Waals surface area (Å²) in [5.74, 6) is 0.600. The molecule has 2 N–H and O–H groups in total. The Balaban J connectivity index is 2.98. The molecular weight excluding hydrogens is 241 g/mol. The number of aliphatic hydroxyl groups excluding tert-OH is 1. The molecule has 0 fully saturated rings. The molecule has 3 heteroatoms. The monoisotopic (exact) mass is 267 g/mol. The minimum absolute atomic E-state index is 0.0116. The van der Waals surface area contributed by atoms with Gasteiger partial charge in [-0.3, -0.25) is 0 Å². The van der Waals surface area contributed by atoms with Crippen LogP contribution in [0.3, 0.4) is 0 Å². The molecule has 0 unspecified atom stereocenters. The molecule has 0 spiro atoms. The Morgan fingerprint density at radius 2 is 1.63 bits per heavy atom. The Kier molecular flexibility index (Phi) is 5.80. The zero-order chi connectivity index (χ0) is 14.5. The van der Waals surface area contributed by atoms with Gasteiger partial charge in [0, 0.05) is 0 Å². The molecule has 0 bridgehead atoms. The number of halogens is 1. The van der Waals surface area contributed by atoms with E-state index in [0.717, 1.165) is 12.8 Å². The molecule has 0 saturated heterocycles. The largest absolute Gasteiger partial charge is 0.394 e. The first kappa shape index (κ1) is 16.0. The van der Waals surface area contributed by atoms with Crippen molar-refractivity contribution in [2.24, 2.45) is 11.8 Å². The van der Waals surface area contributed by atoms with Crippen molar-refractivity contribution in [3.63, 3.8) is 0 Å². The second-order valence-corrected chi connectivity index (χ2v) is 6.24. The van der Waals surface area contributed by atoms with Crippen molar-refractivity contribution in [1.82, 2.24) is 0 Å². The fourth-order valence-electron chi connectivity index (χ4n) is 2.77. The van der Waals surface area contributed by atoms with Crippen molar-refractivity contribution in [2.75, 3.05) is 11.9 Å². The lowest BCUT2D eigenvalue weighted by molar-refractivity contribution is 0.168. The Morgan fingerprint density at radius 1 is 1.11 bits per heavy atom. The van der Waals surface area contributed by atoms with E-state index in [1.807, 2.05) is 0 Å². The third kappa shape index (κ3) is 4.83. The molecule has 2 nitrogen and oxygen atoms in total. The van der Waals surface area contributed by atoms with Crippen molar-refractivity contribution >= 4 is 5.69 Å². The summed E-state index contributed by atoms with van der Waals surface area (Å²) in [5, 5.41) is 13.1. The number of hydrogen-bond donors (Lipinski definition) is 2. The van der Waals surface area contributed by atoms with Crippen LogP contribution in [0.15, 0.2) is 24.3 Å². The van der Waals surface area contributed by atoms with Crippen LogP contribution in [0.25, 0.3) is 0 Å². The first-order valence-electron chi connectivity index (χ1n) is 7.02. The summed E-state index contributed by atoms with van der Waals surface area (Å²) in [5.41, 5.74) is 0.0164. The van der Waals surface area contributed by atoms with Gasteiger partial charge in [0.2, 0.25) is 0 Å². The quantitative estimate of drug-likeness (QED) is 0.780. The average molecular weight is 267 g/mol. The standard InChI is InChI=1S/C16H26FNO/c1-12(2)9-16(11-19,10-13(3)4)18-15-8-6-5-7-14(15)17/h5-8,12-13,18-19H,9-11H2,1-4H3. The van der Waals surface area contributed by atoms with Crippen LogP contribution in [0.5, 0.6) is 0 Å². The van der Waals surface area contributed by atoms with E-state index in [1.165, 1.54) is 6.07 Å². The normalized spacial score (nSPS) is 12.2. The average Bonchev–Trinajstić information content (AvgIpc) is 2.30. The van der Waals surface area contributed by atoms with E-state index in [-0.39, 0.29) is 12.4 Å². The molecule has 0 aliphatic carbocycles. The number of anilines is 1. The zero-order valence-corrected chi connectivity index (χ0v) is 12.4. The summed E-state index contributed by atoms with van der Waals surface area (Å²) in [6.07, 6.45) is 1.63. The second kappa shape index (κ2) is 6.90. The van der Waals surface area contributed by atoms with E-state index in [2.05, 4.69) is 33.0 Å². The molecule has 0 heterocycles. The van der Waals surface area contributed by atoms with E-state index in [0.29, 0.717) is 17.5 Å². The van der Waals surface area contributed by atoms with Crippen molar-refractivity contribution in [2.45, 2.75) is 46.1 Å². The van der Waals surface area contributed by atoms with E-state index in [1.54, 1.807) is 18.2 Å². The van der Waals surface area contributed by atoms with E-state index in [4.69, 9.17) is 0 Å². The smallest absolute Gasteiger partial charge is 0.146 e. The van der Waals surface area contributed by atoms with Gasteiger partial charge in [0.25, 0.3) is 0 Å². The maximum Gasteiger partial charge on any atom is 0.146 e. The number of para-hydroxylation sites is 1. The van der Waals surface area contributed by atoms with Crippen molar-refractivity contribution < 1.29 is 9.50 Å². The highest BCUT2D eigenvalue weighted by atomic mass is 19.1. The Bertz CT molecular complexity index is 380. The SMILES string of the molecule is CC(C)CC(CO)(CC(C)C)Nc1ccccc1F. The molecule has 108 valence electrons. The minimum atomic E-state index is -0.454. The Morgan fingerprint density at radius 3 is 2.05 bits per heavy atom. The fourth-order valence-corrected chi connectivity index (χ4v) is 2.77. The molecule has 0 atom stereocenters. The first-order valence-corrected chi connectivity index (χ1v) is 7.02. The fraction of sp³-hybridized carbons (Fsp3) is 0.625. The van der Waals surface area contributed by atoms with Crippen molar-refractivity contribution in [3.05, 3.63) is 30.1 Å². The van der Waals surface area contributed by atoms with Crippen molar-refractivity contribution in [1.29, 1.82) is 0 Å². The molecule has 0 aromatic heterocycles. The lowest BCUT2D eigenvalue weighted by Gasteiger charge is -2.37. The lowest BCUT2D eigenvalue weighted by Crippen LogP contribution is -2.44. The van der Waals surface area contributed by atoms with Gasteiger partial charge in [0.15, 0.2) is 0 Å². The Hall–Kier alpha value is -1.09. The molecule has 1 rings (SSSR count). The van der Waals surface area contributed by atoms with Crippen LogP contribution < -0.4 is 5.32 Å². The third-order valence-electron chi connectivity index (χ3n) is 3.17. The van der Waals surface area contributed by atoms with Gasteiger partial charge < -0.3 is 10.4 Å². The molecule has 0 radical (unpaired) electrons. The van der Waals surface area contributed by atoms with E-state index in [9.17, 15) is 9.50 Å². The van der Waals surface area contributed by atoms with Gasteiger partial charge in [-0.2, -0.15) is 0 Å². The van der Waals surface area contributed by atoms with Crippen LogP contribution in [0.2, 0.25) is 0 Å². The number of aliphatic hydroxyl groups is 1. The topological polar surface area (TPSA) is 32.3 Å². The number of nitrogens with one attached hydrogen (secondary N) is 1. The van der Waals surface area contributed by atoms with Crippen LogP contribution in [0, 0.1) is 17.7 Å². The maximum atomic E-state index is 13.8. The van der Waals surface area contributed by atoms with Crippen LogP contribution in [-0.2, 0) is 0 Å². The van der Waals surface area contributed by atoms with Crippen LogP contribution in [0.4, 0.5) is 10.1 Å². The minimum Gasteiger partial charge on any atom is -0.394 e. The van der Waals surface area contributed by atoms with E-state index < -0.39 is 5.54 Å². The second-order valence-electron chi connectivity index (χ2n) is 6.24. The number of rotatable bonds is 7. The van der Waals surface area contributed by atoms with Gasteiger partial charge in [-0.15, -0.1) is 0 Å². The summed E-state index contributed by atoms with van der Waals surface area (Å²) in [7, 11) is 0. The lowest BCUT2D eigenvalue weighted by atomic mass is 9.82. The zero-order valence-electron chi connectivity index (χ0n) is 12.4. The summed E-state index contributed by atoms with van der Waals surface area (Å²) >= 11 is 0. The summed E-state index contributed by atoms with van der Waals surface area (Å²) < 4.78 is 13.8. The van der Waals surface area contributed by atoms with E-state index >= 15 is 0 Å². The van der Waals surface area contributed by atoms with Crippen LogP contribution >= 0.6 is 0 Å². The van der Waals surface area contributed by atoms with Gasteiger partial charge in [-0.05, 0) is 36.8 Å². The molecule has 1 aromatic rings. The predicted octanol–water partition coefficient (Wildman–Crippen LogP) is 4.06. The maximum absolute atomic E-state index is 13.8. The molecule has 0 saturated carbocycles. The van der Waals surface area contributed by atoms with Crippen LogP contribution in [-0.4, -0.2) is 17.3 Å². The predicted molar refractivity (Wildman–Crippen MR) is 78.7 cm³/mol. The van der Waals surface area contributed by atoms with Gasteiger partial charge in [-0.1, -0.05) is 39.8 Å². The first-order chi connectivity index (χ1) is 8.88. The molecule has 1 aromatic carbocycles. The molecule has 0 amide bonds. The Labute approximate surface area is 116 Å². The summed E-state index contributed by atoms with van der Waals surface area (Å²) in [6.45, 7) is 8.49. The van der Waals surface area contributed by atoms with Gasteiger partial charge in [-0.25, -0.2) is 4.39 Å². The third-order valence-corrected chi connectivity index (χ3v) is 3.17. The highest BCUT2D eigenvalue weighted by Crippen LogP contribution is 2.30. The highest BCUT2D eigenvalue weighted by molar-refractivity contribution is 5.47. The van der Waals surface area contributed by atoms with Gasteiger partial charge in [0.05, 0.1) is 17.8 Å².